The van der Waals surface area contributed by atoms with Gasteiger partial charge in [0, 0.05) is 11.8 Å². The van der Waals surface area contributed by atoms with Crippen molar-refractivity contribution in [3.05, 3.63) is 35.2 Å². The van der Waals surface area contributed by atoms with E-state index in [0.717, 1.165) is 17.8 Å². The molecule has 0 unspecified atom stereocenters. The molecule has 2 aromatic rings. The Hall–Kier alpha value is -1.97. The first kappa shape index (κ1) is 12.5. The molecule has 4 nitrogen and oxygen atoms in total. The Kier molecular flexibility index (Phi) is 3.28. The van der Waals surface area contributed by atoms with Crippen LogP contribution in [0.3, 0.4) is 0 Å². The number of anilines is 1. The van der Waals surface area contributed by atoms with Crippen molar-refractivity contribution in [1.29, 1.82) is 0 Å². The van der Waals surface area contributed by atoms with Gasteiger partial charge in [-0.2, -0.15) is 5.10 Å². The van der Waals surface area contributed by atoms with Crippen LogP contribution in [0.2, 0.25) is 0 Å². The average molecular weight is 245 g/mol. The number of benzene rings is 1. The van der Waals surface area contributed by atoms with Gasteiger partial charge in [-0.3, -0.25) is 0 Å². The van der Waals surface area contributed by atoms with E-state index in [0.29, 0.717) is 11.4 Å². The molecular weight excluding hydrogens is 226 g/mol. The smallest absolute Gasteiger partial charge is 0.143 e. The number of methoxy groups -OCH3 is 1. The van der Waals surface area contributed by atoms with Gasteiger partial charge in [0.1, 0.15) is 5.75 Å². The fraction of sp³-hybridized carbons (Fsp3) is 0.357. The summed E-state index contributed by atoms with van der Waals surface area (Å²) in [4.78, 5) is 0. The largest absolute Gasteiger partial charge is 0.495 e. The molecule has 2 N–H and O–H groups in total. The molecule has 0 amide bonds. The molecule has 18 heavy (non-hydrogen) atoms. The van der Waals surface area contributed by atoms with Gasteiger partial charge in [0.15, 0.2) is 0 Å². The molecule has 4 heteroatoms. The lowest BCUT2D eigenvalue weighted by Gasteiger charge is -2.09. The summed E-state index contributed by atoms with van der Waals surface area (Å²) in [6.45, 7) is 6.27. The molecule has 0 bridgehead atoms. The lowest BCUT2D eigenvalue weighted by molar-refractivity contribution is 0.416. The Morgan fingerprint density at radius 2 is 2.06 bits per heavy atom. The molecule has 1 heterocycles. The molecule has 1 aromatic carbocycles. The van der Waals surface area contributed by atoms with Crippen LogP contribution in [0.5, 0.6) is 5.75 Å². The highest BCUT2D eigenvalue weighted by atomic mass is 16.5. The molecule has 0 saturated carbocycles. The van der Waals surface area contributed by atoms with Gasteiger partial charge in [0.25, 0.3) is 0 Å². The summed E-state index contributed by atoms with van der Waals surface area (Å²) in [5.74, 6) is 0.679. The second kappa shape index (κ2) is 4.72. The Morgan fingerprint density at radius 1 is 1.33 bits per heavy atom. The Bertz CT molecular complexity index is 573. The minimum Gasteiger partial charge on any atom is -0.495 e. The van der Waals surface area contributed by atoms with Crippen molar-refractivity contribution in [2.45, 2.75) is 27.2 Å². The number of aromatic nitrogens is 2. The van der Waals surface area contributed by atoms with Gasteiger partial charge in [-0.15, -0.1) is 0 Å². The lowest BCUT2D eigenvalue weighted by atomic mass is 10.1. The number of ether oxygens (including phenoxy) is 1. The summed E-state index contributed by atoms with van der Waals surface area (Å²) in [6.07, 6.45) is 0.990. The highest BCUT2D eigenvalue weighted by Gasteiger charge is 2.12. The zero-order chi connectivity index (χ0) is 13.3. The molecule has 2 rings (SSSR count). The number of aryl methyl sites for hydroxylation is 1. The molecule has 0 radical (unpaired) electrons. The third-order valence-corrected chi connectivity index (χ3v) is 3.26. The van der Waals surface area contributed by atoms with Crippen molar-refractivity contribution in [2.75, 3.05) is 12.8 Å². The fourth-order valence-electron chi connectivity index (χ4n) is 2.27. The average Bonchev–Trinajstić information content (AvgIpc) is 2.65. The minimum atomic E-state index is 0.637. The standard InChI is InChI=1S/C14H19N3O/c1-5-12-9(2)16-17(10(12)3)11-6-7-13(15)14(8-11)18-4/h6-8H,5,15H2,1-4H3. The predicted molar refractivity (Wildman–Crippen MR) is 73.4 cm³/mol. The van der Waals surface area contributed by atoms with Crippen molar-refractivity contribution >= 4 is 5.69 Å². The SMILES string of the molecule is CCc1c(C)nn(-c2ccc(N)c(OC)c2)c1C. The maximum absolute atomic E-state index is 5.82. The number of nitrogens with two attached hydrogens (primary N) is 1. The number of nitrogens with zero attached hydrogens (tertiary/aromatic N) is 2. The van der Waals surface area contributed by atoms with Crippen LogP contribution < -0.4 is 10.5 Å². The van der Waals surface area contributed by atoms with Gasteiger partial charge < -0.3 is 10.5 Å². The van der Waals surface area contributed by atoms with E-state index in [4.69, 9.17) is 10.5 Å². The van der Waals surface area contributed by atoms with Crippen LogP contribution in [0.15, 0.2) is 18.2 Å². The van der Waals surface area contributed by atoms with E-state index in [9.17, 15) is 0 Å². The number of hydrogen-bond acceptors (Lipinski definition) is 3. The maximum atomic E-state index is 5.82. The second-order valence-electron chi connectivity index (χ2n) is 4.34. The summed E-state index contributed by atoms with van der Waals surface area (Å²) in [7, 11) is 1.62. The first-order chi connectivity index (χ1) is 8.58. The van der Waals surface area contributed by atoms with Gasteiger partial charge in [-0.25, -0.2) is 4.68 Å². The Morgan fingerprint density at radius 3 is 2.61 bits per heavy atom. The predicted octanol–water partition coefficient (Wildman–Crippen LogP) is 2.64. The summed E-state index contributed by atoms with van der Waals surface area (Å²) in [6, 6.07) is 5.71. The van der Waals surface area contributed by atoms with Crippen molar-refractivity contribution in [2.24, 2.45) is 0 Å². The maximum Gasteiger partial charge on any atom is 0.143 e. The van der Waals surface area contributed by atoms with Gasteiger partial charge in [0.2, 0.25) is 0 Å². The summed E-state index contributed by atoms with van der Waals surface area (Å²) in [5.41, 5.74) is 11.0. The van der Waals surface area contributed by atoms with Gasteiger partial charge in [-0.05, 0) is 38.0 Å². The van der Waals surface area contributed by atoms with E-state index in [1.807, 2.05) is 29.8 Å². The van der Waals surface area contributed by atoms with Gasteiger partial charge in [-0.1, -0.05) is 6.92 Å². The monoisotopic (exact) mass is 245 g/mol. The summed E-state index contributed by atoms with van der Waals surface area (Å²) < 4.78 is 7.18. The van der Waals surface area contributed by atoms with Crippen molar-refractivity contribution < 1.29 is 4.74 Å². The quantitative estimate of drug-likeness (QED) is 0.846. The molecule has 0 aliphatic rings. The van der Waals surface area contributed by atoms with E-state index in [1.54, 1.807) is 7.11 Å². The molecule has 0 saturated heterocycles. The van der Waals surface area contributed by atoms with Crippen LogP contribution in [0.25, 0.3) is 5.69 Å². The van der Waals surface area contributed by atoms with E-state index >= 15 is 0 Å². The van der Waals surface area contributed by atoms with Crippen LogP contribution in [0, 0.1) is 13.8 Å². The number of nitrogen functional groups attached to an aromatic ring is 1. The fourth-order valence-corrected chi connectivity index (χ4v) is 2.27. The lowest BCUT2D eigenvalue weighted by Crippen LogP contribution is -2.01. The van der Waals surface area contributed by atoms with E-state index in [2.05, 4.69) is 18.9 Å². The third kappa shape index (κ3) is 1.94. The van der Waals surface area contributed by atoms with Crippen LogP contribution in [0.4, 0.5) is 5.69 Å². The molecule has 0 spiro atoms. The molecule has 96 valence electrons. The van der Waals surface area contributed by atoms with Crippen molar-refractivity contribution in [3.63, 3.8) is 0 Å². The number of hydrogen-bond donors (Lipinski definition) is 1. The molecule has 0 atom stereocenters. The van der Waals surface area contributed by atoms with E-state index in [1.165, 1.54) is 11.3 Å². The normalized spacial score (nSPS) is 10.7. The van der Waals surface area contributed by atoms with Gasteiger partial charge in [0.05, 0.1) is 24.2 Å². The molecule has 1 aromatic heterocycles. The van der Waals surface area contributed by atoms with Gasteiger partial charge >= 0.3 is 0 Å². The minimum absolute atomic E-state index is 0.637. The Labute approximate surface area is 107 Å². The van der Waals surface area contributed by atoms with Crippen molar-refractivity contribution in [3.8, 4) is 11.4 Å². The zero-order valence-corrected chi connectivity index (χ0v) is 11.3. The summed E-state index contributed by atoms with van der Waals surface area (Å²) in [5, 5.41) is 4.58. The van der Waals surface area contributed by atoms with Crippen LogP contribution in [-0.4, -0.2) is 16.9 Å². The van der Waals surface area contributed by atoms with E-state index in [-0.39, 0.29) is 0 Å². The Balaban J connectivity index is 2.55. The first-order valence-electron chi connectivity index (χ1n) is 6.07. The molecular formula is C14H19N3O. The highest BCUT2D eigenvalue weighted by molar-refractivity contribution is 5.57. The molecule has 0 aliphatic heterocycles. The third-order valence-electron chi connectivity index (χ3n) is 3.26. The van der Waals surface area contributed by atoms with Crippen LogP contribution in [0.1, 0.15) is 23.9 Å². The summed E-state index contributed by atoms with van der Waals surface area (Å²) >= 11 is 0. The highest BCUT2D eigenvalue weighted by Crippen LogP contribution is 2.26. The van der Waals surface area contributed by atoms with Crippen LogP contribution in [-0.2, 0) is 6.42 Å². The number of rotatable bonds is 3. The first-order valence-corrected chi connectivity index (χ1v) is 6.07. The zero-order valence-electron chi connectivity index (χ0n) is 11.3. The topological polar surface area (TPSA) is 53.1 Å². The van der Waals surface area contributed by atoms with Crippen molar-refractivity contribution in [1.82, 2.24) is 9.78 Å². The molecule has 0 aliphatic carbocycles. The molecule has 0 fully saturated rings. The van der Waals surface area contributed by atoms with E-state index < -0.39 is 0 Å². The second-order valence-corrected chi connectivity index (χ2v) is 4.34. The van der Waals surface area contributed by atoms with Crippen LogP contribution >= 0.6 is 0 Å².